The molecule has 4 rings (SSSR count). The van der Waals surface area contributed by atoms with Gasteiger partial charge in [0.1, 0.15) is 11.5 Å². The largest absolute Gasteiger partial charge is 0.508 e. The van der Waals surface area contributed by atoms with Gasteiger partial charge in [-0.2, -0.15) is 0 Å². The van der Waals surface area contributed by atoms with Gasteiger partial charge in [0.05, 0.1) is 11.6 Å². The second kappa shape index (κ2) is 10.8. The van der Waals surface area contributed by atoms with Crippen LogP contribution < -0.4 is 10.6 Å². The lowest BCUT2D eigenvalue weighted by Crippen LogP contribution is -2.68. The van der Waals surface area contributed by atoms with Crippen LogP contribution in [-0.4, -0.2) is 100.0 Å². The molecule has 12 heteroatoms. The normalized spacial score (nSPS) is 25.4. The Kier molecular flexibility index (Phi) is 8.05. The van der Waals surface area contributed by atoms with Crippen LogP contribution in [0.4, 0.5) is 5.69 Å². The number of aliphatic hydroxyl groups is 3. The molecule has 0 spiro atoms. The van der Waals surface area contributed by atoms with Crippen LogP contribution in [0, 0.1) is 17.3 Å². The molecule has 3 aliphatic carbocycles. The topological polar surface area (TPSA) is 187 Å². The number of quaternary nitrogens is 1. The third kappa shape index (κ3) is 5.11. The molecular weight excluding hydrogens is 556 g/mol. The van der Waals surface area contributed by atoms with E-state index >= 15 is 0 Å². The first-order valence-corrected chi connectivity index (χ1v) is 14.3. The summed E-state index contributed by atoms with van der Waals surface area (Å²) in [6.45, 7) is 7.85. The molecule has 12 nitrogen and oxygen atoms in total. The van der Waals surface area contributed by atoms with Crippen LogP contribution >= 0.6 is 0 Å². The van der Waals surface area contributed by atoms with E-state index in [4.69, 9.17) is 0 Å². The summed E-state index contributed by atoms with van der Waals surface area (Å²) >= 11 is 0. The highest BCUT2D eigenvalue weighted by atomic mass is 16.3. The summed E-state index contributed by atoms with van der Waals surface area (Å²) in [6.07, 6.45) is 0.212. The summed E-state index contributed by atoms with van der Waals surface area (Å²) in [4.78, 5) is 57.2. The van der Waals surface area contributed by atoms with Gasteiger partial charge in [-0.15, -0.1) is 0 Å². The number of anilines is 1. The Morgan fingerprint density at radius 1 is 1.09 bits per heavy atom. The van der Waals surface area contributed by atoms with Crippen LogP contribution in [0.1, 0.15) is 50.8 Å². The third-order valence-corrected chi connectivity index (χ3v) is 8.76. The van der Waals surface area contributed by atoms with Gasteiger partial charge in [-0.25, -0.2) is 4.79 Å². The molecule has 1 saturated carbocycles. The highest BCUT2D eigenvalue weighted by Gasteiger charge is 2.64. The van der Waals surface area contributed by atoms with E-state index in [2.05, 4.69) is 5.73 Å². The number of rotatable bonds is 6. The number of Topliss-reactive ketones (excluding diaryl/α,β-unsaturated/α-hetero) is 2. The van der Waals surface area contributed by atoms with Gasteiger partial charge >= 0.3 is 5.91 Å². The van der Waals surface area contributed by atoms with Crippen LogP contribution in [0.15, 0.2) is 23.0 Å². The molecule has 234 valence electrons. The molecule has 0 saturated heterocycles. The lowest BCUT2D eigenvalue weighted by Gasteiger charge is -2.50. The molecule has 0 radical (unpaired) electrons. The van der Waals surface area contributed by atoms with Gasteiger partial charge < -0.3 is 30.2 Å². The summed E-state index contributed by atoms with van der Waals surface area (Å²) in [5.41, 5.74) is 0.993. The Morgan fingerprint density at radius 2 is 1.70 bits per heavy atom. The van der Waals surface area contributed by atoms with Gasteiger partial charge in [-0.05, 0) is 49.9 Å². The summed E-state index contributed by atoms with van der Waals surface area (Å²) in [5.74, 6) is -6.71. The number of hydrogen-bond donors (Lipinski definition) is 5. The zero-order valence-corrected chi connectivity index (χ0v) is 26.1. The number of aromatic hydroxyl groups is 1. The molecular formula is C31H43N4O8+. The standard InChI is InChI=1S/C31H42N4O8/c1-14(36)35(13-30(2,3)4)12-16-11-19(33(5)6)17-9-15-10-18-23(34(7)8)26(39)22(29(32)42)28(41)31(18,43)27(40)20(15)25(38)21(17)24(16)37/h11,15,18,23,37-38,41,43H,9-10,12-13H2,1-8H3,(H2,32,42)/p+1. The van der Waals surface area contributed by atoms with E-state index in [1.54, 1.807) is 39.2 Å². The third-order valence-electron chi connectivity index (χ3n) is 8.76. The van der Waals surface area contributed by atoms with Gasteiger partial charge in [0.15, 0.2) is 22.7 Å². The highest BCUT2D eigenvalue weighted by molar-refractivity contribution is 6.22. The maximum absolute atomic E-state index is 14.2. The molecule has 1 aromatic rings. The van der Waals surface area contributed by atoms with E-state index in [1.807, 2.05) is 25.7 Å². The molecule has 1 fully saturated rings. The average molecular weight is 600 g/mol. The number of nitrogens with zero attached hydrogens (tertiary/aromatic N) is 3. The number of amides is 2. The molecule has 1 aromatic carbocycles. The van der Waals surface area contributed by atoms with Gasteiger partial charge in [0, 0.05) is 56.9 Å². The van der Waals surface area contributed by atoms with Gasteiger partial charge in [0.2, 0.25) is 11.7 Å². The minimum absolute atomic E-state index is 0.00934. The number of fused-ring (bicyclic) bond motifs is 3. The molecule has 43 heavy (non-hydrogen) atoms. The van der Waals surface area contributed by atoms with Crippen molar-refractivity contribution in [1.82, 2.24) is 9.80 Å². The first-order valence-electron chi connectivity index (χ1n) is 14.3. The van der Waals surface area contributed by atoms with Crippen LogP contribution in [0.25, 0.3) is 5.76 Å². The van der Waals surface area contributed by atoms with Gasteiger partial charge in [-0.1, -0.05) is 20.8 Å². The van der Waals surface area contributed by atoms with E-state index < -0.39 is 58.0 Å². The Hall–Kier alpha value is -3.74. The van der Waals surface area contributed by atoms with Crippen LogP contribution in [-0.2, 0) is 32.1 Å². The molecule has 4 atom stereocenters. The molecule has 0 heterocycles. The number of aliphatic hydroxyl groups excluding tert-OH is 2. The van der Waals surface area contributed by atoms with Crippen molar-refractivity contribution in [2.45, 2.75) is 58.7 Å². The number of benzene rings is 1. The SMILES string of the molecule is CC(=O)N(Cc1cc(N(C)C)c2c(c1O)C(O)=C1C(=O)C3(O)C(O)=C(C([NH3+])=O)C(=O)C(N(C)C)C3CC1C2)CC(C)(C)C. The van der Waals surface area contributed by atoms with E-state index in [0.29, 0.717) is 23.4 Å². The average Bonchev–Trinajstić information content (AvgIpc) is 2.85. The predicted octanol–water partition coefficient (Wildman–Crippen LogP) is 0.708. The van der Waals surface area contributed by atoms with Crippen molar-refractivity contribution in [2.75, 3.05) is 39.6 Å². The minimum Gasteiger partial charge on any atom is -0.508 e. The number of hydrogen-bond acceptors (Lipinski definition) is 10. The molecule has 2 amide bonds. The number of phenolic OH excluding ortho intramolecular Hbond substituents is 1. The second-order valence-electron chi connectivity index (χ2n) is 13.6. The number of carbonyl (C=O) groups excluding carboxylic acids is 4. The maximum Gasteiger partial charge on any atom is 0.348 e. The van der Waals surface area contributed by atoms with E-state index in [9.17, 15) is 39.6 Å². The number of carbonyl (C=O) groups is 4. The first kappa shape index (κ1) is 32.2. The highest BCUT2D eigenvalue weighted by Crippen LogP contribution is 2.54. The predicted molar refractivity (Wildman–Crippen MR) is 158 cm³/mol. The van der Waals surface area contributed by atoms with Gasteiger partial charge in [-0.3, -0.25) is 25.0 Å². The van der Waals surface area contributed by atoms with Crippen molar-refractivity contribution in [3.05, 3.63) is 39.7 Å². The Balaban J connectivity index is 1.94. The van der Waals surface area contributed by atoms with Crippen molar-refractivity contribution >= 4 is 34.8 Å². The molecule has 7 N–H and O–H groups in total. The van der Waals surface area contributed by atoms with E-state index in [-0.39, 0.29) is 47.6 Å². The smallest absolute Gasteiger partial charge is 0.348 e. The number of phenols is 1. The molecule has 0 aliphatic heterocycles. The molecule has 3 aliphatic rings. The second-order valence-corrected chi connectivity index (χ2v) is 13.6. The Bertz CT molecular complexity index is 1490. The summed E-state index contributed by atoms with van der Waals surface area (Å²) in [7, 11) is 6.76. The van der Waals surface area contributed by atoms with Crippen molar-refractivity contribution in [2.24, 2.45) is 17.3 Å². The summed E-state index contributed by atoms with van der Waals surface area (Å²) in [6, 6.07) is 0.652. The van der Waals surface area contributed by atoms with Crippen molar-refractivity contribution in [3.8, 4) is 5.75 Å². The van der Waals surface area contributed by atoms with Crippen LogP contribution in [0.2, 0.25) is 0 Å². The summed E-state index contributed by atoms with van der Waals surface area (Å²) in [5, 5.41) is 46.2. The van der Waals surface area contributed by atoms with E-state index in [1.165, 1.54) is 11.8 Å². The lowest BCUT2D eigenvalue weighted by molar-refractivity contribution is -0.299. The van der Waals surface area contributed by atoms with Crippen LogP contribution in [0.5, 0.6) is 5.75 Å². The maximum atomic E-state index is 14.2. The van der Waals surface area contributed by atoms with E-state index in [0.717, 1.165) is 0 Å². The molecule has 0 aromatic heterocycles. The van der Waals surface area contributed by atoms with Crippen molar-refractivity contribution in [3.63, 3.8) is 0 Å². The van der Waals surface area contributed by atoms with Crippen molar-refractivity contribution in [1.29, 1.82) is 0 Å². The fourth-order valence-electron chi connectivity index (χ4n) is 6.95. The zero-order valence-electron chi connectivity index (χ0n) is 26.1. The van der Waals surface area contributed by atoms with Crippen molar-refractivity contribution < 1.29 is 45.3 Å². The minimum atomic E-state index is -2.67. The Morgan fingerprint density at radius 3 is 2.19 bits per heavy atom. The van der Waals surface area contributed by atoms with Gasteiger partial charge in [0.25, 0.3) is 0 Å². The van der Waals surface area contributed by atoms with Crippen LogP contribution in [0.3, 0.4) is 0 Å². The fraction of sp³-hybridized carbons (Fsp3) is 0.548. The fourth-order valence-corrected chi connectivity index (χ4v) is 6.95. The summed E-state index contributed by atoms with van der Waals surface area (Å²) < 4.78 is 0. The quantitative estimate of drug-likeness (QED) is 0.292. The lowest BCUT2D eigenvalue weighted by atomic mass is 9.57. The zero-order chi connectivity index (χ0) is 32.5. The molecule has 4 unspecified atom stereocenters. The number of likely N-dealkylation sites (N-methyl/N-ethyl adjacent to an activating group) is 1. The molecule has 0 bridgehead atoms. The monoisotopic (exact) mass is 599 g/mol. The Labute approximate surface area is 251 Å². The number of ketones is 2. The first-order chi connectivity index (χ1) is 19.7.